The Hall–Kier alpha value is -3.15. The Balaban J connectivity index is 1.31. The second kappa shape index (κ2) is 8.25. The van der Waals surface area contributed by atoms with Crippen molar-refractivity contribution in [1.82, 2.24) is 15.1 Å². The number of hydrogen-bond acceptors (Lipinski definition) is 5. The fourth-order valence-electron chi connectivity index (χ4n) is 3.45. The summed E-state index contributed by atoms with van der Waals surface area (Å²) in [7, 11) is 0. The van der Waals surface area contributed by atoms with E-state index in [2.05, 4.69) is 10.2 Å². The van der Waals surface area contributed by atoms with E-state index < -0.39 is 0 Å². The molecule has 1 atom stereocenters. The molecule has 2 heterocycles. The summed E-state index contributed by atoms with van der Waals surface area (Å²) in [4.78, 5) is 14.7. The van der Waals surface area contributed by atoms with Crippen LogP contribution >= 0.6 is 0 Å². The topological polar surface area (TPSA) is 68.5 Å². The van der Waals surface area contributed by atoms with Crippen LogP contribution in [0.1, 0.15) is 31.2 Å². The van der Waals surface area contributed by atoms with E-state index in [4.69, 9.17) is 9.15 Å². The third-order valence-corrected chi connectivity index (χ3v) is 5.12. The highest BCUT2D eigenvalue weighted by Crippen LogP contribution is 2.25. The first-order valence-electron chi connectivity index (χ1n) is 9.60. The van der Waals surface area contributed by atoms with Gasteiger partial charge in [0.1, 0.15) is 6.10 Å². The molecule has 144 valence electrons. The normalized spacial score (nSPS) is 16.0. The molecular formula is C22H23N3O3. The molecule has 1 aromatic heterocycles. The molecule has 0 bridgehead atoms. The summed E-state index contributed by atoms with van der Waals surface area (Å²) in [6.45, 7) is 3.30. The van der Waals surface area contributed by atoms with Crippen LogP contribution in [-0.2, 0) is 4.79 Å². The molecule has 1 fully saturated rings. The summed E-state index contributed by atoms with van der Waals surface area (Å²) >= 11 is 0. The average Bonchev–Trinajstić information content (AvgIpc) is 3.23. The Kier molecular flexibility index (Phi) is 5.37. The number of nitrogens with zero attached hydrogens (tertiary/aromatic N) is 3. The highest BCUT2D eigenvalue weighted by molar-refractivity contribution is 5.83. The van der Waals surface area contributed by atoms with Gasteiger partial charge in [0.15, 0.2) is 0 Å². The van der Waals surface area contributed by atoms with Crippen LogP contribution in [-0.4, -0.2) is 40.2 Å². The van der Waals surface area contributed by atoms with Gasteiger partial charge in [0, 0.05) is 31.5 Å². The van der Waals surface area contributed by atoms with Gasteiger partial charge in [-0.15, -0.1) is 5.10 Å². The second-order valence-corrected chi connectivity index (χ2v) is 7.01. The second-order valence-electron chi connectivity index (χ2n) is 7.01. The summed E-state index contributed by atoms with van der Waals surface area (Å²) < 4.78 is 11.5. The zero-order valence-corrected chi connectivity index (χ0v) is 15.8. The first-order valence-corrected chi connectivity index (χ1v) is 9.60. The zero-order chi connectivity index (χ0) is 19.3. The number of aromatic nitrogens is 2. The molecular weight excluding hydrogens is 354 g/mol. The summed E-state index contributed by atoms with van der Waals surface area (Å²) in [5.74, 6) is 0.469. The molecule has 1 aliphatic heterocycles. The monoisotopic (exact) mass is 377 g/mol. The molecule has 3 aromatic rings. The number of benzene rings is 2. The Morgan fingerprint density at radius 3 is 2.36 bits per heavy atom. The minimum Gasteiger partial charge on any atom is -0.446 e. The van der Waals surface area contributed by atoms with E-state index in [9.17, 15) is 4.79 Å². The molecule has 1 unspecified atom stereocenters. The van der Waals surface area contributed by atoms with Crippen LogP contribution < -0.4 is 4.74 Å². The molecule has 2 aromatic carbocycles. The zero-order valence-electron chi connectivity index (χ0n) is 15.8. The van der Waals surface area contributed by atoms with Crippen LogP contribution in [0.2, 0.25) is 0 Å². The van der Waals surface area contributed by atoms with Gasteiger partial charge < -0.3 is 14.1 Å². The number of likely N-dealkylation sites (tertiary alicyclic amines) is 1. The molecule has 1 amide bonds. The minimum absolute atomic E-state index is 0.0276. The van der Waals surface area contributed by atoms with Gasteiger partial charge >= 0.3 is 6.08 Å². The van der Waals surface area contributed by atoms with E-state index in [1.54, 1.807) is 0 Å². The highest BCUT2D eigenvalue weighted by atomic mass is 16.6. The average molecular weight is 377 g/mol. The number of hydrogen-bond donors (Lipinski definition) is 0. The Morgan fingerprint density at radius 1 is 1.04 bits per heavy atom. The first-order chi connectivity index (χ1) is 13.7. The number of piperidine rings is 1. The van der Waals surface area contributed by atoms with E-state index in [0.717, 1.165) is 24.0 Å². The van der Waals surface area contributed by atoms with Crippen LogP contribution in [0.25, 0.3) is 11.5 Å². The maximum atomic E-state index is 12.8. The van der Waals surface area contributed by atoms with E-state index in [-0.39, 0.29) is 24.0 Å². The molecule has 0 spiro atoms. The molecule has 0 aliphatic carbocycles. The summed E-state index contributed by atoms with van der Waals surface area (Å²) in [6, 6.07) is 19.5. The lowest BCUT2D eigenvalue weighted by Crippen LogP contribution is -2.43. The van der Waals surface area contributed by atoms with Crippen molar-refractivity contribution in [2.24, 2.45) is 0 Å². The number of ether oxygens (including phenoxy) is 1. The first kappa shape index (κ1) is 18.2. The highest BCUT2D eigenvalue weighted by Gasteiger charge is 2.28. The lowest BCUT2D eigenvalue weighted by Gasteiger charge is -2.33. The van der Waals surface area contributed by atoms with Crippen molar-refractivity contribution < 1.29 is 13.9 Å². The third-order valence-electron chi connectivity index (χ3n) is 5.12. The molecule has 1 saturated heterocycles. The van der Waals surface area contributed by atoms with Crippen molar-refractivity contribution in [3.63, 3.8) is 0 Å². The number of amides is 1. The van der Waals surface area contributed by atoms with Crippen molar-refractivity contribution >= 4 is 5.91 Å². The lowest BCUT2D eigenvalue weighted by molar-refractivity contribution is -0.134. The molecule has 4 rings (SSSR count). The molecule has 28 heavy (non-hydrogen) atoms. The fourth-order valence-corrected chi connectivity index (χ4v) is 3.45. The fraction of sp³-hybridized carbons (Fsp3) is 0.318. The molecule has 0 saturated carbocycles. The molecule has 0 N–H and O–H groups in total. The van der Waals surface area contributed by atoms with E-state index in [1.165, 1.54) is 0 Å². The van der Waals surface area contributed by atoms with E-state index in [0.29, 0.717) is 19.0 Å². The van der Waals surface area contributed by atoms with Gasteiger partial charge in [-0.25, -0.2) is 0 Å². The van der Waals surface area contributed by atoms with Crippen molar-refractivity contribution in [1.29, 1.82) is 0 Å². The summed E-state index contributed by atoms with van der Waals surface area (Å²) in [5, 5.41) is 8.03. The maximum Gasteiger partial charge on any atom is 0.415 e. The van der Waals surface area contributed by atoms with Gasteiger partial charge in [0.2, 0.25) is 5.91 Å². The SMILES string of the molecule is CC(C(=O)N1CCC(Oc2nnc(-c3ccccc3)o2)CC1)c1ccccc1. The van der Waals surface area contributed by atoms with Gasteiger partial charge in [-0.1, -0.05) is 53.6 Å². The van der Waals surface area contributed by atoms with Crippen LogP contribution in [0, 0.1) is 0 Å². The van der Waals surface area contributed by atoms with Crippen molar-refractivity contribution in [2.45, 2.75) is 31.8 Å². The molecule has 0 radical (unpaired) electrons. The minimum atomic E-state index is -0.136. The van der Waals surface area contributed by atoms with Crippen molar-refractivity contribution in [3.05, 3.63) is 66.2 Å². The van der Waals surface area contributed by atoms with Crippen molar-refractivity contribution in [3.8, 4) is 17.5 Å². The van der Waals surface area contributed by atoms with Crippen LogP contribution in [0.3, 0.4) is 0 Å². The molecule has 6 heteroatoms. The lowest BCUT2D eigenvalue weighted by atomic mass is 9.98. The Labute approximate surface area is 164 Å². The van der Waals surface area contributed by atoms with Crippen molar-refractivity contribution in [2.75, 3.05) is 13.1 Å². The van der Waals surface area contributed by atoms with Gasteiger partial charge in [-0.2, -0.15) is 0 Å². The standard InChI is InChI=1S/C22H23N3O3/c1-16(17-8-4-2-5-9-17)21(26)25-14-12-19(13-15-25)27-22-24-23-20(28-22)18-10-6-3-7-11-18/h2-11,16,19H,12-15H2,1H3. The van der Waals surface area contributed by atoms with Gasteiger partial charge in [0.05, 0.1) is 5.92 Å². The number of carbonyl (C=O) groups excluding carboxylic acids is 1. The summed E-state index contributed by atoms with van der Waals surface area (Å²) in [5.41, 5.74) is 1.91. The van der Waals surface area contributed by atoms with Gasteiger partial charge in [0.25, 0.3) is 5.89 Å². The maximum absolute atomic E-state index is 12.8. The Morgan fingerprint density at radius 2 is 1.68 bits per heavy atom. The van der Waals surface area contributed by atoms with Gasteiger partial charge in [-0.05, 0) is 24.6 Å². The predicted octanol–water partition coefficient (Wildman–Crippen LogP) is 3.91. The van der Waals surface area contributed by atoms with Gasteiger partial charge in [-0.3, -0.25) is 4.79 Å². The van der Waals surface area contributed by atoms with E-state index in [1.807, 2.05) is 72.5 Å². The quantitative estimate of drug-likeness (QED) is 0.674. The van der Waals surface area contributed by atoms with Crippen LogP contribution in [0.5, 0.6) is 6.08 Å². The third kappa shape index (κ3) is 4.06. The summed E-state index contributed by atoms with van der Waals surface area (Å²) in [6.07, 6.45) is 1.65. The number of rotatable bonds is 5. The Bertz CT molecular complexity index is 903. The van der Waals surface area contributed by atoms with E-state index >= 15 is 0 Å². The largest absolute Gasteiger partial charge is 0.446 e. The molecule has 6 nitrogen and oxygen atoms in total. The smallest absolute Gasteiger partial charge is 0.415 e. The number of carbonyl (C=O) groups is 1. The molecule has 1 aliphatic rings. The van der Waals surface area contributed by atoms with Crippen LogP contribution in [0.4, 0.5) is 0 Å². The predicted molar refractivity (Wildman–Crippen MR) is 105 cm³/mol. The van der Waals surface area contributed by atoms with Crippen LogP contribution in [0.15, 0.2) is 65.1 Å².